The van der Waals surface area contributed by atoms with E-state index in [2.05, 4.69) is 19.2 Å². The zero-order chi connectivity index (χ0) is 30.4. The number of nitrogens with zero attached hydrogens (tertiary/aromatic N) is 1. The van der Waals surface area contributed by atoms with Gasteiger partial charge in [0.25, 0.3) is 0 Å². The number of carbonyl (C=O) groups excluding carboxylic acids is 2. The number of hydrogen-bond donors (Lipinski definition) is 3. The fourth-order valence-electron chi connectivity index (χ4n) is 10.5. The first-order chi connectivity index (χ1) is 19.9. The molecule has 42 heavy (non-hydrogen) atoms. The van der Waals surface area contributed by atoms with Gasteiger partial charge < -0.3 is 15.5 Å². The van der Waals surface area contributed by atoms with Crippen LogP contribution in [0, 0.1) is 40.4 Å². The van der Waals surface area contributed by atoms with Gasteiger partial charge in [-0.05, 0) is 90.7 Å². The maximum Gasteiger partial charge on any atom is 0.329 e. The molecule has 0 spiro atoms. The van der Waals surface area contributed by atoms with E-state index in [1.807, 2.05) is 4.90 Å². The van der Waals surface area contributed by atoms with Gasteiger partial charge in [0.2, 0.25) is 5.91 Å². The topological polar surface area (TPSA) is 107 Å². The van der Waals surface area contributed by atoms with Crippen molar-refractivity contribution in [1.29, 1.82) is 0 Å². The molecule has 0 bridgehead atoms. The van der Waals surface area contributed by atoms with Gasteiger partial charge in [0.15, 0.2) is 0 Å². The summed E-state index contributed by atoms with van der Waals surface area (Å²) in [5.41, 5.74) is -1.29. The maximum absolute atomic E-state index is 14.4. The van der Waals surface area contributed by atoms with Crippen molar-refractivity contribution in [1.82, 2.24) is 10.2 Å². The van der Waals surface area contributed by atoms with Gasteiger partial charge in [-0.3, -0.25) is 14.5 Å². The van der Waals surface area contributed by atoms with Crippen LogP contribution in [-0.2, 0) is 19.9 Å². The average molecular weight is 622 g/mol. The lowest BCUT2D eigenvalue weighted by Crippen LogP contribution is -2.65. The van der Waals surface area contributed by atoms with Crippen LogP contribution in [0.5, 0.6) is 5.75 Å². The summed E-state index contributed by atoms with van der Waals surface area (Å²) < 4.78 is 0. The molecule has 0 aromatic heterocycles. The monoisotopic (exact) mass is 620 g/mol. The number of benzene rings is 1. The van der Waals surface area contributed by atoms with Crippen molar-refractivity contribution in [3.63, 3.8) is 0 Å². The largest absolute Gasteiger partial charge is 0.508 e. The zero-order valence-electron chi connectivity index (χ0n) is 25.1. The Morgan fingerprint density at radius 3 is 2.33 bits per heavy atom. The smallest absolute Gasteiger partial charge is 0.329 e. The molecule has 0 aliphatic heterocycles. The van der Waals surface area contributed by atoms with E-state index in [0.717, 1.165) is 38.5 Å². The standard InChI is InChI=1S/C33H46Cl2N2O5/c1-20(38)36-28-10-9-24-29-25(11-13-32(24,28)3)31(2)12-5-8-23(26(31)19-27(29)40)33(30(41)42,37(16-14-34)17-15-35)21-6-4-7-22(39)18-21/h4,6-7,18,23-26,28-29,39H,5,8-17,19H2,1-3H3,(H,36,38)(H,41,42)/t23?,24?,25?,26?,28?,29?,31-,32+,33?/m1/s1. The number of carbonyl (C=O) groups is 3. The van der Waals surface area contributed by atoms with E-state index in [1.165, 1.54) is 0 Å². The van der Waals surface area contributed by atoms with Crippen molar-refractivity contribution in [2.24, 2.45) is 40.4 Å². The Morgan fingerprint density at radius 2 is 1.71 bits per heavy atom. The molecule has 7 unspecified atom stereocenters. The minimum Gasteiger partial charge on any atom is -0.508 e. The van der Waals surface area contributed by atoms with E-state index < -0.39 is 11.5 Å². The number of rotatable bonds is 9. The average Bonchev–Trinajstić information content (AvgIpc) is 3.25. The third-order valence-corrected chi connectivity index (χ3v) is 12.5. The van der Waals surface area contributed by atoms with E-state index in [4.69, 9.17) is 23.2 Å². The fraction of sp³-hybridized carbons (Fsp3) is 0.727. The molecule has 4 fully saturated rings. The fourth-order valence-corrected chi connectivity index (χ4v) is 10.9. The predicted molar refractivity (Wildman–Crippen MR) is 164 cm³/mol. The van der Waals surface area contributed by atoms with E-state index in [9.17, 15) is 24.6 Å². The molecule has 232 valence electrons. The van der Waals surface area contributed by atoms with Crippen LogP contribution in [0.3, 0.4) is 0 Å². The summed E-state index contributed by atoms with van der Waals surface area (Å²) in [6, 6.07) is 6.69. The number of amides is 1. The molecule has 4 saturated carbocycles. The van der Waals surface area contributed by atoms with Gasteiger partial charge in [0.05, 0.1) is 0 Å². The molecule has 4 aliphatic rings. The molecule has 0 radical (unpaired) electrons. The maximum atomic E-state index is 14.4. The molecule has 9 heteroatoms. The second-order valence-corrected chi connectivity index (χ2v) is 14.6. The van der Waals surface area contributed by atoms with Crippen LogP contribution < -0.4 is 5.32 Å². The summed E-state index contributed by atoms with van der Waals surface area (Å²) >= 11 is 12.6. The highest BCUT2D eigenvalue weighted by atomic mass is 35.5. The number of halogens is 2. The first-order valence-corrected chi connectivity index (χ1v) is 16.7. The minimum absolute atomic E-state index is 0.00898. The van der Waals surface area contributed by atoms with Gasteiger partial charge in [0.1, 0.15) is 17.1 Å². The number of ketones is 1. The molecular weight excluding hydrogens is 575 g/mol. The van der Waals surface area contributed by atoms with Crippen molar-refractivity contribution < 1.29 is 24.6 Å². The number of phenols is 1. The van der Waals surface area contributed by atoms with E-state index in [1.54, 1.807) is 31.2 Å². The summed E-state index contributed by atoms with van der Waals surface area (Å²) in [5, 5.41) is 25.0. The van der Waals surface area contributed by atoms with Gasteiger partial charge in [0, 0.05) is 50.2 Å². The highest BCUT2D eigenvalue weighted by Gasteiger charge is 2.67. The molecule has 3 N–H and O–H groups in total. The Hall–Kier alpha value is -1.83. The van der Waals surface area contributed by atoms with Crippen molar-refractivity contribution in [2.45, 2.75) is 83.7 Å². The van der Waals surface area contributed by atoms with Crippen molar-refractivity contribution >= 4 is 40.9 Å². The van der Waals surface area contributed by atoms with Gasteiger partial charge in [-0.1, -0.05) is 32.4 Å². The molecule has 0 saturated heterocycles. The van der Waals surface area contributed by atoms with Crippen LogP contribution in [0.15, 0.2) is 24.3 Å². The van der Waals surface area contributed by atoms with Crippen LogP contribution in [-0.4, -0.2) is 63.7 Å². The van der Waals surface area contributed by atoms with Gasteiger partial charge >= 0.3 is 5.97 Å². The molecular formula is C33H46Cl2N2O5. The minimum atomic E-state index is -1.49. The number of alkyl halides is 2. The third kappa shape index (κ3) is 4.86. The van der Waals surface area contributed by atoms with Crippen LogP contribution in [0.25, 0.3) is 0 Å². The Bertz CT molecular complexity index is 1210. The molecule has 1 aromatic rings. The number of aromatic hydroxyl groups is 1. The van der Waals surface area contributed by atoms with Gasteiger partial charge in [-0.15, -0.1) is 23.2 Å². The molecule has 7 nitrogen and oxygen atoms in total. The second-order valence-electron chi connectivity index (χ2n) is 13.9. The quantitative estimate of drug-likeness (QED) is 0.301. The number of carboxylic acid groups (broad SMARTS) is 1. The number of phenolic OH excluding ortho intramolecular Hbond substituents is 1. The summed E-state index contributed by atoms with van der Waals surface area (Å²) in [7, 11) is 0. The Labute approximate surface area is 259 Å². The van der Waals surface area contributed by atoms with Crippen molar-refractivity contribution in [3.8, 4) is 5.75 Å². The number of Topliss-reactive ketones (excluding diaryl/α,β-unsaturated/α-hetero) is 1. The van der Waals surface area contributed by atoms with Gasteiger partial charge in [-0.25, -0.2) is 4.79 Å². The van der Waals surface area contributed by atoms with Crippen LogP contribution in [0.2, 0.25) is 0 Å². The van der Waals surface area contributed by atoms with E-state index in [-0.39, 0.29) is 75.7 Å². The highest BCUT2D eigenvalue weighted by molar-refractivity contribution is 6.18. The molecule has 4 aliphatic carbocycles. The van der Waals surface area contributed by atoms with Crippen molar-refractivity contribution in [2.75, 3.05) is 24.8 Å². The number of carboxylic acids is 1. The van der Waals surface area contributed by atoms with E-state index in [0.29, 0.717) is 31.5 Å². The molecule has 1 amide bonds. The summed E-state index contributed by atoms with van der Waals surface area (Å²) in [5.74, 6) is -0.446. The Kier molecular flexibility index (Phi) is 8.97. The highest BCUT2D eigenvalue weighted by Crippen LogP contribution is 2.67. The number of aliphatic carboxylic acids is 1. The van der Waals surface area contributed by atoms with Crippen LogP contribution >= 0.6 is 23.2 Å². The Morgan fingerprint density at radius 1 is 1.02 bits per heavy atom. The third-order valence-electron chi connectivity index (χ3n) is 12.2. The summed E-state index contributed by atoms with van der Waals surface area (Å²) in [6.45, 7) is 6.79. The normalized spacial score (nSPS) is 37.3. The van der Waals surface area contributed by atoms with Crippen molar-refractivity contribution in [3.05, 3.63) is 29.8 Å². The summed E-state index contributed by atoms with van der Waals surface area (Å²) in [4.78, 5) is 42.0. The molecule has 0 heterocycles. The molecule has 9 atom stereocenters. The lowest BCUT2D eigenvalue weighted by atomic mass is 9.42. The molecule has 5 rings (SSSR count). The molecule has 1 aromatic carbocycles. The first kappa shape index (κ1) is 31.6. The van der Waals surface area contributed by atoms with Crippen LogP contribution in [0.4, 0.5) is 0 Å². The van der Waals surface area contributed by atoms with Gasteiger partial charge in [-0.2, -0.15) is 0 Å². The second kappa shape index (κ2) is 11.9. The summed E-state index contributed by atoms with van der Waals surface area (Å²) in [6.07, 6.45) is 6.52. The number of nitrogens with one attached hydrogen (secondary N) is 1. The number of hydrogen-bond acceptors (Lipinski definition) is 5. The van der Waals surface area contributed by atoms with Crippen LogP contribution in [0.1, 0.15) is 77.7 Å². The number of fused-ring (bicyclic) bond motifs is 5. The lowest BCUT2D eigenvalue weighted by molar-refractivity contribution is -0.182. The van der Waals surface area contributed by atoms with E-state index >= 15 is 0 Å². The predicted octanol–water partition coefficient (Wildman–Crippen LogP) is 5.79. The zero-order valence-corrected chi connectivity index (χ0v) is 26.6. The lowest BCUT2D eigenvalue weighted by Gasteiger charge is -2.63. The first-order valence-electron chi connectivity index (χ1n) is 15.6. The SMILES string of the molecule is CC(=O)NC1CCC2C3C(=O)CC4C(C(C(=O)O)(c5cccc(O)c5)N(CCCl)CCCl)CCC[C@]4(C)C3CC[C@]12C. The Balaban J connectivity index is 1.59.